The molecule has 3 N–H and O–H groups in total. The van der Waals surface area contributed by atoms with Crippen molar-refractivity contribution in [2.75, 3.05) is 22.1 Å². The molecule has 1 aliphatic rings. The molecule has 198 valence electrons. The Kier molecular flexibility index (Phi) is 6.38. The van der Waals surface area contributed by atoms with Crippen LogP contribution in [0.15, 0.2) is 53.9 Å². The summed E-state index contributed by atoms with van der Waals surface area (Å²) in [6.45, 7) is 4.41. The van der Waals surface area contributed by atoms with Crippen molar-refractivity contribution in [2.24, 2.45) is 0 Å². The highest BCUT2D eigenvalue weighted by molar-refractivity contribution is 7.21. The third kappa shape index (κ3) is 4.67. The van der Waals surface area contributed by atoms with Gasteiger partial charge in [-0.3, -0.25) is 5.32 Å². The first-order valence-corrected chi connectivity index (χ1v) is 14.2. The molecule has 12 heteroatoms. The van der Waals surface area contributed by atoms with E-state index in [1.807, 2.05) is 36.9 Å². The number of thiazole rings is 2. The number of halogens is 3. The number of fused-ring (bicyclic) bond motifs is 2. The topological polar surface area (TPSA) is 90.4 Å². The maximum absolute atomic E-state index is 15.6. The van der Waals surface area contributed by atoms with Crippen molar-refractivity contribution in [1.82, 2.24) is 9.97 Å². The van der Waals surface area contributed by atoms with Gasteiger partial charge in [0.2, 0.25) is 0 Å². The summed E-state index contributed by atoms with van der Waals surface area (Å²) >= 11 is 14.6. The minimum atomic E-state index is -0.577. The second kappa shape index (κ2) is 9.63. The summed E-state index contributed by atoms with van der Waals surface area (Å²) in [7, 11) is 0. The van der Waals surface area contributed by atoms with Crippen molar-refractivity contribution in [3.8, 4) is 16.3 Å². The van der Waals surface area contributed by atoms with Crippen LogP contribution in [0.4, 0.5) is 32.1 Å². The summed E-state index contributed by atoms with van der Waals surface area (Å²) in [4.78, 5) is 23.4. The van der Waals surface area contributed by atoms with Crippen molar-refractivity contribution >= 4 is 85.0 Å². The van der Waals surface area contributed by atoms with Gasteiger partial charge in [-0.2, -0.15) is 0 Å². The van der Waals surface area contributed by atoms with E-state index in [-0.39, 0.29) is 5.75 Å². The van der Waals surface area contributed by atoms with Gasteiger partial charge in [-0.15, -0.1) is 22.7 Å². The molecule has 6 rings (SSSR count). The van der Waals surface area contributed by atoms with E-state index in [0.717, 1.165) is 10.8 Å². The second-order valence-corrected chi connectivity index (χ2v) is 12.6. The van der Waals surface area contributed by atoms with Crippen molar-refractivity contribution in [1.29, 1.82) is 0 Å². The van der Waals surface area contributed by atoms with Crippen LogP contribution in [0.2, 0.25) is 9.49 Å². The van der Waals surface area contributed by atoms with Gasteiger partial charge >= 0.3 is 6.03 Å². The molecular formula is C27H20Cl2FN5O2S2. The molecular weight excluding hydrogens is 580 g/mol. The number of rotatable bonds is 4. The number of carbonyl (C=O) groups is 1. The van der Waals surface area contributed by atoms with Gasteiger partial charge in [-0.1, -0.05) is 49.2 Å². The van der Waals surface area contributed by atoms with Gasteiger partial charge in [-0.05, 0) is 30.3 Å². The number of nitrogens with one attached hydrogen (secondary N) is 2. The molecule has 0 unspecified atom stereocenters. The number of aromatic nitrogens is 2. The molecule has 7 nitrogen and oxygen atoms in total. The van der Waals surface area contributed by atoms with Gasteiger partial charge in [0.25, 0.3) is 0 Å². The highest BCUT2D eigenvalue weighted by atomic mass is 35.5. The maximum Gasteiger partial charge on any atom is 0.324 e. The van der Waals surface area contributed by atoms with Crippen LogP contribution < -0.4 is 15.5 Å². The summed E-state index contributed by atoms with van der Waals surface area (Å²) in [5.74, 6) is -0.418. The van der Waals surface area contributed by atoms with Gasteiger partial charge in [0.15, 0.2) is 4.47 Å². The third-order valence-electron chi connectivity index (χ3n) is 6.46. The van der Waals surface area contributed by atoms with Crippen LogP contribution in [0.25, 0.3) is 20.8 Å². The molecule has 0 saturated carbocycles. The summed E-state index contributed by atoms with van der Waals surface area (Å²) in [6.07, 6.45) is 0. The van der Waals surface area contributed by atoms with Crippen LogP contribution in [0.1, 0.15) is 19.4 Å². The number of nitrogens with zero attached hydrogens (tertiary/aromatic N) is 3. The van der Waals surface area contributed by atoms with E-state index in [0.29, 0.717) is 60.6 Å². The van der Waals surface area contributed by atoms with E-state index in [9.17, 15) is 9.90 Å². The minimum absolute atomic E-state index is 0.197. The standard InChI is InChI=1S/C27H20Cl2FN5O2S2/c1-27(2)12-35(17-6-4-3-5-15(17)32-26(37)34-20-11-38-25(29)33-20)23-18(36)10-14(30)21(22(23)27)24-31-16-9-13(28)7-8-19(16)39-24/h3-11,36H,12H2,1-2H3,(H2,32,34,37). The fourth-order valence-electron chi connectivity index (χ4n) is 4.93. The molecule has 39 heavy (non-hydrogen) atoms. The highest BCUT2D eigenvalue weighted by Crippen LogP contribution is 2.55. The Labute approximate surface area is 240 Å². The number of benzene rings is 3. The molecule has 0 spiro atoms. The van der Waals surface area contributed by atoms with Gasteiger partial charge in [0, 0.05) is 34.0 Å². The predicted molar refractivity (Wildman–Crippen MR) is 158 cm³/mol. The Bertz CT molecular complexity index is 1770. The Hall–Kier alpha value is -3.44. The summed E-state index contributed by atoms with van der Waals surface area (Å²) < 4.78 is 16.8. The predicted octanol–water partition coefficient (Wildman–Crippen LogP) is 8.64. The van der Waals surface area contributed by atoms with E-state index in [2.05, 4.69) is 20.6 Å². The molecule has 1 aliphatic heterocycles. The van der Waals surface area contributed by atoms with Gasteiger partial charge < -0.3 is 15.3 Å². The Balaban J connectivity index is 1.44. The lowest BCUT2D eigenvalue weighted by atomic mass is 9.83. The molecule has 2 aromatic heterocycles. The molecule has 0 radical (unpaired) electrons. The van der Waals surface area contributed by atoms with Crippen molar-refractivity contribution in [3.05, 3.63) is 74.8 Å². The van der Waals surface area contributed by atoms with Crippen LogP contribution in [-0.2, 0) is 5.41 Å². The summed E-state index contributed by atoms with van der Waals surface area (Å²) in [5, 5.41) is 19.3. The number of aromatic hydroxyl groups is 1. The number of phenolic OH excluding ortho intramolecular Hbond substituents is 1. The molecule has 0 atom stereocenters. The molecule has 0 fully saturated rings. The molecule has 5 aromatic rings. The first kappa shape index (κ1) is 25.8. The smallest absolute Gasteiger partial charge is 0.324 e. The van der Waals surface area contributed by atoms with E-state index >= 15 is 4.39 Å². The zero-order valence-corrected chi connectivity index (χ0v) is 23.7. The van der Waals surface area contributed by atoms with Crippen LogP contribution in [0, 0.1) is 5.82 Å². The van der Waals surface area contributed by atoms with E-state index in [4.69, 9.17) is 23.2 Å². The molecule has 2 amide bonds. The molecule has 0 bridgehead atoms. The van der Waals surface area contributed by atoms with Crippen LogP contribution in [-0.4, -0.2) is 27.7 Å². The van der Waals surface area contributed by atoms with E-state index < -0.39 is 17.3 Å². The zero-order chi connectivity index (χ0) is 27.5. The minimum Gasteiger partial charge on any atom is -0.506 e. The molecule has 3 aromatic carbocycles. The van der Waals surface area contributed by atoms with E-state index in [1.54, 1.807) is 29.6 Å². The lowest BCUT2D eigenvalue weighted by Gasteiger charge is -2.25. The van der Waals surface area contributed by atoms with Gasteiger partial charge in [0.05, 0.1) is 32.8 Å². The number of phenols is 1. The number of anilines is 4. The average molecular weight is 601 g/mol. The first-order valence-electron chi connectivity index (χ1n) is 11.8. The Morgan fingerprint density at radius 1 is 1.13 bits per heavy atom. The maximum atomic E-state index is 15.6. The summed E-state index contributed by atoms with van der Waals surface area (Å²) in [6, 6.07) is 13.2. The van der Waals surface area contributed by atoms with Crippen LogP contribution in [0.5, 0.6) is 5.75 Å². The number of carbonyl (C=O) groups excluding carboxylic acids is 1. The highest BCUT2D eigenvalue weighted by Gasteiger charge is 2.42. The van der Waals surface area contributed by atoms with Gasteiger partial charge in [-0.25, -0.2) is 19.2 Å². The molecule has 0 saturated heterocycles. The van der Waals surface area contributed by atoms with Crippen molar-refractivity contribution < 1.29 is 14.3 Å². The van der Waals surface area contributed by atoms with Crippen LogP contribution >= 0.6 is 45.9 Å². The fraction of sp³-hybridized carbons (Fsp3) is 0.148. The largest absolute Gasteiger partial charge is 0.506 e. The SMILES string of the molecule is CC1(C)CN(c2ccccc2NC(=O)Nc2csc(Cl)n2)c2c(O)cc(F)c(-c3nc4cc(Cl)ccc4s3)c21. The lowest BCUT2D eigenvalue weighted by Crippen LogP contribution is -2.27. The number of hydrogen-bond donors (Lipinski definition) is 3. The monoisotopic (exact) mass is 599 g/mol. The second-order valence-electron chi connectivity index (χ2n) is 9.66. The normalized spacial score (nSPS) is 14.0. The van der Waals surface area contributed by atoms with E-state index in [1.165, 1.54) is 22.7 Å². The van der Waals surface area contributed by atoms with Crippen LogP contribution in [0.3, 0.4) is 0 Å². The first-order chi connectivity index (χ1) is 18.6. The number of urea groups is 1. The van der Waals surface area contributed by atoms with Gasteiger partial charge in [0.1, 0.15) is 22.4 Å². The zero-order valence-electron chi connectivity index (χ0n) is 20.6. The molecule has 0 aliphatic carbocycles. The number of hydrogen-bond acceptors (Lipinski definition) is 7. The fourth-order valence-corrected chi connectivity index (χ4v) is 6.79. The summed E-state index contributed by atoms with van der Waals surface area (Å²) in [5.41, 5.74) is 2.69. The quantitative estimate of drug-likeness (QED) is 0.192. The number of amides is 2. The van der Waals surface area contributed by atoms with Crippen molar-refractivity contribution in [2.45, 2.75) is 19.3 Å². The number of para-hydroxylation sites is 2. The van der Waals surface area contributed by atoms with Crippen molar-refractivity contribution in [3.63, 3.8) is 0 Å². The molecule has 3 heterocycles. The lowest BCUT2D eigenvalue weighted by molar-refractivity contribution is 0.262. The third-order valence-corrected chi connectivity index (χ3v) is 8.72. The Morgan fingerprint density at radius 3 is 2.69 bits per heavy atom. The Morgan fingerprint density at radius 2 is 1.92 bits per heavy atom. The average Bonchev–Trinajstić information content (AvgIpc) is 3.54.